The zero-order valence-electron chi connectivity index (χ0n) is 28.8. The molecule has 3 amide bonds. The highest BCUT2D eigenvalue weighted by Gasteiger charge is 2.33. The Morgan fingerprint density at radius 2 is 1.76 bits per heavy atom. The lowest BCUT2D eigenvalue weighted by Gasteiger charge is -2.37. The van der Waals surface area contributed by atoms with E-state index < -0.39 is 9.84 Å². The first-order chi connectivity index (χ1) is 24.4. The van der Waals surface area contributed by atoms with Crippen LogP contribution in [-0.2, 0) is 21.2 Å². The van der Waals surface area contributed by atoms with Crippen LogP contribution in [0.1, 0.15) is 77.8 Å². The Morgan fingerprint density at radius 1 is 0.980 bits per heavy atom. The van der Waals surface area contributed by atoms with Crippen LogP contribution in [0.15, 0.2) is 59.8 Å². The molecular formula is C36H39N9O5S. The molecule has 3 N–H and O–H groups in total. The summed E-state index contributed by atoms with van der Waals surface area (Å²) in [6.07, 6.45) is 6.65. The maximum absolute atomic E-state index is 13.6. The fourth-order valence-corrected chi connectivity index (χ4v) is 7.05. The van der Waals surface area contributed by atoms with Gasteiger partial charge in [0, 0.05) is 55.6 Å². The van der Waals surface area contributed by atoms with E-state index in [9.17, 15) is 22.8 Å². The summed E-state index contributed by atoms with van der Waals surface area (Å²) in [5.74, 6) is -0.579. The fraction of sp³-hybridized carbons (Fsp3) is 0.361. The van der Waals surface area contributed by atoms with E-state index in [0.29, 0.717) is 17.1 Å². The number of benzene rings is 1. The molecule has 0 saturated heterocycles. The van der Waals surface area contributed by atoms with Crippen LogP contribution in [-0.4, -0.2) is 77.1 Å². The maximum Gasteiger partial charge on any atom is 0.274 e. The van der Waals surface area contributed by atoms with Crippen LogP contribution < -0.4 is 20.9 Å². The number of carbonyl (C=O) groups excluding carboxylic acids is 3. The van der Waals surface area contributed by atoms with Gasteiger partial charge in [-0.25, -0.2) is 8.42 Å². The monoisotopic (exact) mass is 709 g/mol. The van der Waals surface area contributed by atoms with Gasteiger partial charge < -0.3 is 25.8 Å². The van der Waals surface area contributed by atoms with Crippen molar-refractivity contribution < 1.29 is 22.8 Å². The minimum Gasteiger partial charge on any atom is -0.366 e. The van der Waals surface area contributed by atoms with Gasteiger partial charge in [0.25, 0.3) is 11.8 Å². The van der Waals surface area contributed by atoms with E-state index in [1.807, 2.05) is 32.2 Å². The van der Waals surface area contributed by atoms with Gasteiger partial charge >= 0.3 is 0 Å². The van der Waals surface area contributed by atoms with Crippen LogP contribution in [0.3, 0.4) is 0 Å². The number of amides is 3. The molecule has 51 heavy (non-hydrogen) atoms. The van der Waals surface area contributed by atoms with Crippen molar-refractivity contribution in [1.82, 2.24) is 30.4 Å². The summed E-state index contributed by atoms with van der Waals surface area (Å²) in [6.45, 7) is 3.72. The molecule has 0 spiro atoms. The quantitative estimate of drug-likeness (QED) is 0.200. The molecule has 2 saturated carbocycles. The highest BCUT2D eigenvalue weighted by Crippen LogP contribution is 2.48. The highest BCUT2D eigenvalue weighted by atomic mass is 32.2. The number of hydrogen-bond donors (Lipinski definition) is 3. The van der Waals surface area contributed by atoms with E-state index in [-0.39, 0.29) is 70.1 Å². The third kappa shape index (κ3) is 6.98. The second kappa shape index (κ2) is 13.4. The minimum atomic E-state index is -3.42. The summed E-state index contributed by atoms with van der Waals surface area (Å²) >= 11 is 0. The first-order valence-corrected chi connectivity index (χ1v) is 18.6. The van der Waals surface area contributed by atoms with Gasteiger partial charge in [-0.05, 0) is 62.4 Å². The number of rotatable bonds is 11. The molecule has 3 aliphatic rings. The molecule has 264 valence electrons. The standard InChI is InChI=1S/C36H39N9O5S/c1-5-51(49,50)24-13-14-37-23(15-24)19-44(3)36(48)30-16-26-20(2)45(4)33-25(27(26)18-38-30)7-6-8-28(33)40-29-17-31(41-34(46)21-9-10-21)42-43-32(29)35(47)39-22-11-12-22/h6-8,13-18,20-22H,5,9-12,19H2,1-4H3,(H,39,47)(H2,40,41,42,46)/t20-/m0/s1. The molecule has 1 aliphatic heterocycles. The van der Waals surface area contributed by atoms with Crippen LogP contribution in [0.4, 0.5) is 22.9 Å². The molecule has 7 rings (SSSR count). The number of aromatic nitrogens is 4. The molecule has 0 unspecified atom stereocenters. The molecule has 2 aliphatic carbocycles. The number of sulfone groups is 1. The van der Waals surface area contributed by atoms with E-state index in [4.69, 9.17) is 0 Å². The molecule has 1 aromatic carbocycles. The molecule has 0 bridgehead atoms. The van der Waals surface area contributed by atoms with E-state index in [2.05, 4.69) is 41.0 Å². The van der Waals surface area contributed by atoms with Gasteiger partial charge in [-0.15, -0.1) is 10.2 Å². The number of fused-ring (bicyclic) bond motifs is 3. The van der Waals surface area contributed by atoms with Crippen molar-refractivity contribution in [3.63, 3.8) is 0 Å². The Morgan fingerprint density at radius 3 is 2.49 bits per heavy atom. The number of nitrogens with one attached hydrogen (secondary N) is 3. The third-order valence-electron chi connectivity index (χ3n) is 9.53. The molecule has 4 heterocycles. The number of pyridine rings is 2. The van der Waals surface area contributed by atoms with E-state index in [1.165, 1.54) is 23.2 Å². The molecule has 14 nitrogen and oxygen atoms in total. The van der Waals surface area contributed by atoms with Gasteiger partial charge in [0.2, 0.25) is 5.91 Å². The van der Waals surface area contributed by atoms with E-state index >= 15 is 0 Å². The Bertz CT molecular complexity index is 2170. The third-order valence-corrected chi connectivity index (χ3v) is 11.3. The van der Waals surface area contributed by atoms with Crippen LogP contribution in [0.25, 0.3) is 11.1 Å². The van der Waals surface area contributed by atoms with Gasteiger partial charge in [-0.1, -0.05) is 19.1 Å². The van der Waals surface area contributed by atoms with Crippen molar-refractivity contribution in [1.29, 1.82) is 0 Å². The normalized spacial score (nSPS) is 16.5. The van der Waals surface area contributed by atoms with Gasteiger partial charge in [0.05, 0.1) is 46.0 Å². The van der Waals surface area contributed by atoms with Crippen LogP contribution in [0.2, 0.25) is 0 Å². The lowest BCUT2D eigenvalue weighted by Crippen LogP contribution is -2.30. The predicted molar refractivity (Wildman–Crippen MR) is 191 cm³/mol. The number of para-hydroxylation sites is 1. The molecular weight excluding hydrogens is 671 g/mol. The largest absolute Gasteiger partial charge is 0.366 e. The Hall–Kier alpha value is -5.44. The number of anilines is 4. The van der Waals surface area contributed by atoms with Gasteiger partial charge in [-0.3, -0.25) is 24.4 Å². The maximum atomic E-state index is 13.6. The predicted octanol–water partition coefficient (Wildman–Crippen LogP) is 4.49. The summed E-state index contributed by atoms with van der Waals surface area (Å²) < 4.78 is 24.8. The number of carbonyl (C=O) groups is 3. The molecule has 0 radical (unpaired) electrons. The van der Waals surface area contributed by atoms with Gasteiger partial charge in [0.1, 0.15) is 5.69 Å². The SMILES string of the molecule is CCS(=O)(=O)c1ccnc(CN(C)C(=O)c2cc3c(cn2)-c2cccc(Nc4cc(NC(=O)C5CC5)nnc4C(=O)NC4CC4)c2N(C)[C@H]3C)c1. The van der Waals surface area contributed by atoms with Crippen molar-refractivity contribution >= 4 is 50.4 Å². The van der Waals surface area contributed by atoms with Crippen molar-refractivity contribution in [2.75, 3.05) is 35.4 Å². The molecule has 3 aromatic heterocycles. The molecule has 4 aromatic rings. The van der Waals surface area contributed by atoms with Crippen LogP contribution in [0.5, 0.6) is 0 Å². The molecule has 15 heteroatoms. The summed E-state index contributed by atoms with van der Waals surface area (Å²) in [7, 11) is 0.174. The minimum absolute atomic E-state index is 0.0250. The fourth-order valence-electron chi connectivity index (χ4n) is 6.13. The second-order valence-electron chi connectivity index (χ2n) is 13.3. The Kier molecular flexibility index (Phi) is 8.91. The highest BCUT2D eigenvalue weighted by molar-refractivity contribution is 7.91. The van der Waals surface area contributed by atoms with Crippen LogP contribution >= 0.6 is 0 Å². The average molecular weight is 710 g/mol. The van der Waals surface area contributed by atoms with E-state index in [1.54, 1.807) is 32.3 Å². The van der Waals surface area contributed by atoms with Crippen molar-refractivity contribution in [2.24, 2.45) is 5.92 Å². The summed E-state index contributed by atoms with van der Waals surface area (Å²) in [4.78, 5) is 51.9. The van der Waals surface area contributed by atoms with Crippen molar-refractivity contribution in [3.05, 3.63) is 77.5 Å². The summed E-state index contributed by atoms with van der Waals surface area (Å²) in [5, 5.41) is 17.6. The summed E-state index contributed by atoms with van der Waals surface area (Å²) in [6, 6.07) is 12.1. The first kappa shape index (κ1) is 34.0. The first-order valence-electron chi connectivity index (χ1n) is 17.0. The zero-order valence-corrected chi connectivity index (χ0v) is 29.6. The van der Waals surface area contributed by atoms with Crippen molar-refractivity contribution in [3.8, 4) is 11.1 Å². The van der Waals surface area contributed by atoms with Crippen LogP contribution in [0, 0.1) is 5.92 Å². The van der Waals surface area contributed by atoms with Crippen molar-refractivity contribution in [2.45, 2.75) is 63.1 Å². The summed E-state index contributed by atoms with van der Waals surface area (Å²) in [5.41, 5.74) is 5.44. The zero-order chi connectivity index (χ0) is 36.0. The number of nitrogens with zero attached hydrogens (tertiary/aromatic N) is 6. The van der Waals surface area contributed by atoms with Gasteiger partial charge in [0.15, 0.2) is 21.3 Å². The van der Waals surface area contributed by atoms with E-state index in [0.717, 1.165) is 48.1 Å². The van der Waals surface area contributed by atoms with Gasteiger partial charge in [-0.2, -0.15) is 0 Å². The molecule has 2 fully saturated rings. The lowest BCUT2D eigenvalue weighted by atomic mass is 9.89. The Balaban J connectivity index is 1.17. The lowest BCUT2D eigenvalue weighted by molar-refractivity contribution is -0.117. The average Bonchev–Trinajstić information content (AvgIpc) is 4.06. The smallest absolute Gasteiger partial charge is 0.274 e. The second-order valence-corrected chi connectivity index (χ2v) is 15.6. The topological polar surface area (TPSA) is 179 Å². The molecule has 1 atom stereocenters. The Labute approximate surface area is 296 Å². The number of hydrogen-bond acceptors (Lipinski definition) is 11.